The Morgan fingerprint density at radius 2 is 1.04 bits per heavy atom. The van der Waals surface area contributed by atoms with Crippen LogP contribution in [-0.4, -0.2) is 0 Å². The maximum atomic E-state index is 14.1. The second kappa shape index (κ2) is 8.73. The molecular weight excluding hydrogens is 355 g/mol. The summed E-state index contributed by atoms with van der Waals surface area (Å²) in [5.74, 6) is 0. The van der Waals surface area contributed by atoms with E-state index in [1.165, 1.54) is 0 Å². The van der Waals surface area contributed by atoms with Crippen LogP contribution in [0, 0.1) is 16.5 Å². The van der Waals surface area contributed by atoms with Crippen molar-refractivity contribution in [1.29, 1.82) is 0 Å². The molecule has 0 bridgehead atoms. The summed E-state index contributed by atoms with van der Waals surface area (Å²) in [6.07, 6.45) is 0. The highest BCUT2D eigenvalue weighted by molar-refractivity contribution is 7.57. The molecule has 0 aliphatic rings. The molecule has 4 heteroatoms. The molecular formula is C23H32O3P. The molecule has 0 fully saturated rings. The molecule has 3 nitrogen and oxygen atoms in total. The van der Waals surface area contributed by atoms with Crippen LogP contribution in [0.3, 0.4) is 0 Å². The Hall–Kier alpha value is -1.41. The van der Waals surface area contributed by atoms with Crippen molar-refractivity contribution >= 4 is 7.60 Å². The average Bonchev–Trinajstić information content (AvgIpc) is 2.58. The van der Waals surface area contributed by atoms with Gasteiger partial charge in [-0.3, -0.25) is 4.57 Å². The van der Waals surface area contributed by atoms with Gasteiger partial charge in [0.15, 0.2) is 0 Å². The fraction of sp³-hybridized carbons (Fsp3) is 0.435. The van der Waals surface area contributed by atoms with Crippen LogP contribution in [-0.2, 0) is 26.8 Å². The number of hydrogen-bond acceptors (Lipinski definition) is 3. The Labute approximate surface area is 164 Å². The van der Waals surface area contributed by atoms with Gasteiger partial charge in [-0.1, -0.05) is 102 Å². The van der Waals surface area contributed by atoms with E-state index in [1.54, 1.807) is 0 Å². The van der Waals surface area contributed by atoms with Gasteiger partial charge in [-0.05, 0) is 22.0 Å². The molecule has 2 aromatic carbocycles. The maximum absolute atomic E-state index is 14.1. The van der Waals surface area contributed by atoms with Crippen LogP contribution in [0.5, 0.6) is 0 Å². The van der Waals surface area contributed by atoms with Gasteiger partial charge in [0, 0.05) is 0 Å². The first-order valence-corrected chi connectivity index (χ1v) is 10.9. The van der Waals surface area contributed by atoms with Crippen molar-refractivity contribution in [3.63, 3.8) is 0 Å². The molecule has 2 rings (SSSR count). The van der Waals surface area contributed by atoms with E-state index in [-0.39, 0.29) is 24.0 Å². The Kier molecular flexibility index (Phi) is 7.08. The maximum Gasteiger partial charge on any atom is 0.339 e. The predicted octanol–water partition coefficient (Wildman–Crippen LogP) is 7.24. The lowest BCUT2D eigenvalue weighted by atomic mass is 9.77. The third-order valence-electron chi connectivity index (χ3n) is 4.18. The first-order chi connectivity index (χ1) is 12.5. The van der Waals surface area contributed by atoms with Crippen molar-refractivity contribution in [2.75, 3.05) is 0 Å². The molecule has 0 aliphatic carbocycles. The summed E-state index contributed by atoms with van der Waals surface area (Å²) in [4.78, 5) is 0. The van der Waals surface area contributed by atoms with Crippen LogP contribution in [0.15, 0.2) is 60.7 Å². The van der Waals surface area contributed by atoms with Crippen molar-refractivity contribution in [3.05, 3.63) is 77.4 Å². The second-order valence-electron chi connectivity index (χ2n) is 8.86. The predicted molar refractivity (Wildman–Crippen MR) is 112 cm³/mol. The fourth-order valence-corrected chi connectivity index (χ4v) is 6.19. The van der Waals surface area contributed by atoms with Gasteiger partial charge in [-0.2, -0.15) is 0 Å². The molecule has 0 amide bonds. The molecule has 0 atom stereocenters. The highest BCUT2D eigenvalue weighted by Crippen LogP contribution is 2.70. The van der Waals surface area contributed by atoms with Crippen LogP contribution in [0.2, 0.25) is 0 Å². The highest BCUT2D eigenvalue weighted by atomic mass is 31.2. The van der Waals surface area contributed by atoms with Crippen LogP contribution < -0.4 is 0 Å². The van der Waals surface area contributed by atoms with Gasteiger partial charge < -0.3 is 9.05 Å². The summed E-state index contributed by atoms with van der Waals surface area (Å²) < 4.78 is 26.2. The van der Waals surface area contributed by atoms with Crippen LogP contribution in [0.4, 0.5) is 0 Å². The minimum atomic E-state index is -3.49. The second-order valence-corrected chi connectivity index (χ2v) is 10.8. The van der Waals surface area contributed by atoms with Gasteiger partial charge in [-0.15, -0.1) is 0 Å². The van der Waals surface area contributed by atoms with E-state index in [9.17, 15) is 4.57 Å². The zero-order valence-electron chi connectivity index (χ0n) is 17.4. The van der Waals surface area contributed by atoms with Crippen molar-refractivity contribution < 1.29 is 13.6 Å². The normalized spacial score (nSPS) is 13.1. The smallest absolute Gasteiger partial charge is 0.303 e. The Morgan fingerprint density at radius 3 is 1.33 bits per heavy atom. The zero-order valence-corrected chi connectivity index (χ0v) is 18.3. The lowest BCUT2D eigenvalue weighted by molar-refractivity contribution is 0.167. The first kappa shape index (κ1) is 21.9. The molecule has 0 N–H and O–H groups in total. The number of hydrogen-bond donors (Lipinski definition) is 0. The Morgan fingerprint density at radius 1 is 0.704 bits per heavy atom. The van der Waals surface area contributed by atoms with Gasteiger partial charge in [0.25, 0.3) is 0 Å². The minimum Gasteiger partial charge on any atom is -0.303 e. The van der Waals surface area contributed by atoms with Crippen LogP contribution in [0.25, 0.3) is 0 Å². The van der Waals surface area contributed by atoms with E-state index >= 15 is 0 Å². The molecule has 0 unspecified atom stereocenters. The number of benzene rings is 2. The van der Waals surface area contributed by atoms with Gasteiger partial charge >= 0.3 is 7.60 Å². The molecule has 0 heterocycles. The summed E-state index contributed by atoms with van der Waals surface area (Å²) >= 11 is 0. The Bertz CT molecular complexity index is 681. The van der Waals surface area contributed by atoms with Crippen molar-refractivity contribution in [2.24, 2.45) is 10.8 Å². The molecule has 0 spiro atoms. The van der Waals surface area contributed by atoms with Crippen molar-refractivity contribution in [1.82, 2.24) is 0 Å². The molecule has 27 heavy (non-hydrogen) atoms. The lowest BCUT2D eigenvalue weighted by Gasteiger charge is -2.43. The van der Waals surface area contributed by atoms with E-state index in [1.807, 2.05) is 60.7 Å². The molecule has 2 aromatic rings. The van der Waals surface area contributed by atoms with E-state index in [0.29, 0.717) is 0 Å². The van der Waals surface area contributed by atoms with Gasteiger partial charge in [0.2, 0.25) is 0 Å². The molecule has 0 aliphatic heterocycles. The molecule has 0 saturated heterocycles. The third-order valence-corrected chi connectivity index (χ3v) is 7.01. The van der Waals surface area contributed by atoms with E-state index in [2.05, 4.69) is 41.5 Å². The lowest BCUT2D eigenvalue weighted by Crippen LogP contribution is -2.31. The molecule has 0 aromatic heterocycles. The van der Waals surface area contributed by atoms with Crippen molar-refractivity contribution in [2.45, 2.75) is 54.8 Å². The van der Waals surface area contributed by atoms with Crippen molar-refractivity contribution in [3.8, 4) is 0 Å². The Balaban J connectivity index is 2.31. The SMILES string of the molecule is CC(C)(C)[C](C(C)(C)C)P(=O)(OCc1ccccc1)OCc1ccccc1. The largest absolute Gasteiger partial charge is 0.339 e. The monoisotopic (exact) mass is 387 g/mol. The summed E-state index contributed by atoms with van der Waals surface area (Å²) in [5, 5.41) is 0. The molecule has 1 radical (unpaired) electrons. The first-order valence-electron chi connectivity index (χ1n) is 9.38. The van der Waals surface area contributed by atoms with Crippen LogP contribution >= 0.6 is 7.60 Å². The standard InChI is InChI=1S/C23H32O3P/c1-22(2,3)21(23(4,5)6)27(24,25-17-19-13-9-7-10-14-19)26-18-20-15-11-8-12-16-20/h7-16H,17-18H2,1-6H3. The van der Waals surface area contributed by atoms with Gasteiger partial charge in [-0.25, -0.2) is 0 Å². The topological polar surface area (TPSA) is 35.5 Å². The summed E-state index contributed by atoms with van der Waals surface area (Å²) in [7, 11) is -3.49. The van der Waals surface area contributed by atoms with Gasteiger partial charge in [0.05, 0.1) is 13.2 Å². The summed E-state index contributed by atoms with van der Waals surface area (Å²) in [6, 6.07) is 19.6. The van der Waals surface area contributed by atoms with E-state index in [4.69, 9.17) is 9.05 Å². The summed E-state index contributed by atoms with van der Waals surface area (Å²) in [5.41, 5.74) is 2.13. The number of rotatable bonds is 7. The van der Waals surface area contributed by atoms with E-state index < -0.39 is 7.60 Å². The average molecular weight is 387 g/mol. The quantitative estimate of drug-likeness (QED) is 0.470. The fourth-order valence-electron chi connectivity index (χ4n) is 3.58. The van der Waals surface area contributed by atoms with Crippen LogP contribution in [0.1, 0.15) is 52.7 Å². The summed E-state index contributed by atoms with van der Waals surface area (Å²) in [6.45, 7) is 12.9. The third kappa shape index (κ3) is 6.31. The molecule has 147 valence electrons. The highest BCUT2D eigenvalue weighted by Gasteiger charge is 2.51. The molecule has 0 saturated carbocycles. The van der Waals surface area contributed by atoms with E-state index in [0.717, 1.165) is 16.8 Å². The zero-order chi connectivity index (χ0) is 20.1. The van der Waals surface area contributed by atoms with Gasteiger partial charge in [0.1, 0.15) is 5.66 Å². The minimum absolute atomic E-state index is 0.253.